The number of carboxylic acid groups (broad SMARTS) is 6. The molecule has 0 heterocycles. The van der Waals surface area contributed by atoms with Gasteiger partial charge in [-0.15, -0.1) is 0 Å². The van der Waals surface area contributed by atoms with Crippen LogP contribution in [-0.4, -0.2) is 66.5 Å². The lowest BCUT2D eigenvalue weighted by Gasteiger charge is -2.16. The number of rotatable bonds is 8. The second kappa shape index (κ2) is 9.38. The number of benzene rings is 3. The van der Waals surface area contributed by atoms with Crippen molar-refractivity contribution >= 4 is 35.8 Å². The average molecular weight is 494 g/mol. The van der Waals surface area contributed by atoms with E-state index in [1.54, 1.807) is 0 Å². The predicted octanol–water partition coefficient (Wildman–Crippen LogP) is 3.21. The van der Waals surface area contributed by atoms with Gasteiger partial charge in [-0.25, -0.2) is 28.8 Å². The van der Waals surface area contributed by atoms with E-state index < -0.39 is 69.2 Å². The summed E-state index contributed by atoms with van der Waals surface area (Å²) in [5.74, 6) is -9.55. The Labute approximate surface area is 199 Å². The van der Waals surface area contributed by atoms with E-state index in [1.807, 2.05) is 0 Å². The predicted molar refractivity (Wildman–Crippen MR) is 119 cm³/mol. The second-order valence-electron chi connectivity index (χ2n) is 7.30. The molecule has 182 valence electrons. The molecule has 3 aromatic carbocycles. The van der Waals surface area contributed by atoms with E-state index in [2.05, 4.69) is 0 Å². The maximum Gasteiger partial charge on any atom is 0.336 e. The molecule has 3 aromatic rings. The van der Waals surface area contributed by atoms with Gasteiger partial charge in [0.15, 0.2) is 0 Å². The molecule has 0 aromatic heterocycles. The van der Waals surface area contributed by atoms with Crippen LogP contribution in [0.2, 0.25) is 0 Å². The van der Waals surface area contributed by atoms with Crippen molar-refractivity contribution in [3.05, 3.63) is 81.9 Å². The molecular formula is C24H14O12. The van der Waals surface area contributed by atoms with E-state index in [-0.39, 0.29) is 22.3 Å². The van der Waals surface area contributed by atoms with Crippen molar-refractivity contribution in [2.45, 2.75) is 0 Å². The number of carbonyl (C=O) groups is 6. The van der Waals surface area contributed by atoms with Gasteiger partial charge in [-0.2, -0.15) is 0 Å². The Morgan fingerprint density at radius 1 is 0.361 bits per heavy atom. The lowest BCUT2D eigenvalue weighted by Crippen LogP contribution is -2.11. The molecular weight excluding hydrogens is 480 g/mol. The van der Waals surface area contributed by atoms with Crippen molar-refractivity contribution in [1.29, 1.82) is 0 Å². The minimum absolute atomic E-state index is 0.0222. The molecule has 0 amide bonds. The third-order valence-electron chi connectivity index (χ3n) is 5.20. The first kappa shape index (κ1) is 25.1. The largest absolute Gasteiger partial charge is 0.478 e. The SMILES string of the molecule is O=C(O)c1ccc(-c2cc(C(=O)O)c(C(=O)O)cc2-c2ccc(C(=O)O)c(C(=O)O)c2)cc1C(=O)O. The van der Waals surface area contributed by atoms with Crippen molar-refractivity contribution in [2.75, 3.05) is 0 Å². The summed E-state index contributed by atoms with van der Waals surface area (Å²) in [4.78, 5) is 69.6. The third-order valence-corrected chi connectivity index (χ3v) is 5.20. The lowest BCUT2D eigenvalue weighted by atomic mass is 9.87. The first-order chi connectivity index (χ1) is 16.8. The van der Waals surface area contributed by atoms with Gasteiger partial charge in [0.1, 0.15) is 0 Å². The summed E-state index contributed by atoms with van der Waals surface area (Å²) >= 11 is 0. The second-order valence-corrected chi connectivity index (χ2v) is 7.30. The summed E-state index contributed by atoms with van der Waals surface area (Å²) in [7, 11) is 0. The third kappa shape index (κ3) is 4.59. The molecule has 0 saturated carbocycles. The maximum absolute atomic E-state index is 11.8. The fraction of sp³-hybridized carbons (Fsp3) is 0. The Bertz CT molecular complexity index is 1390. The fourth-order valence-electron chi connectivity index (χ4n) is 3.58. The summed E-state index contributed by atoms with van der Waals surface area (Å²) < 4.78 is 0. The zero-order chi connectivity index (χ0) is 26.9. The summed E-state index contributed by atoms with van der Waals surface area (Å²) in [5.41, 5.74) is -3.96. The smallest absolute Gasteiger partial charge is 0.336 e. The van der Waals surface area contributed by atoms with Crippen molar-refractivity contribution in [3.8, 4) is 22.3 Å². The standard InChI is InChI=1S/C24H14O12/c25-19(26)11-3-1-9(5-15(11)21(29)30)13-7-17(23(33)34)18(24(35)36)8-14(13)10-2-4-12(20(27)28)16(6-10)22(31)32/h1-8H,(H,25,26)(H,27,28)(H,29,30)(H,31,32)(H,33,34)(H,35,36). The molecule has 3 rings (SSSR count). The molecule has 0 bridgehead atoms. The first-order valence-corrected chi connectivity index (χ1v) is 9.70. The quantitative estimate of drug-likeness (QED) is 0.265. The number of carboxylic acids is 6. The van der Waals surface area contributed by atoms with Gasteiger partial charge in [0.05, 0.1) is 33.4 Å². The van der Waals surface area contributed by atoms with Crippen molar-refractivity contribution in [2.24, 2.45) is 0 Å². The molecule has 0 aliphatic heterocycles. The van der Waals surface area contributed by atoms with Crippen LogP contribution >= 0.6 is 0 Å². The fourth-order valence-corrected chi connectivity index (χ4v) is 3.58. The Kier molecular flexibility index (Phi) is 6.54. The molecule has 0 aliphatic carbocycles. The van der Waals surface area contributed by atoms with Crippen LogP contribution in [0, 0.1) is 0 Å². The van der Waals surface area contributed by atoms with Crippen LogP contribution in [0.5, 0.6) is 0 Å². The summed E-state index contributed by atoms with van der Waals surface area (Å²) in [6.45, 7) is 0. The monoisotopic (exact) mass is 494 g/mol. The Morgan fingerprint density at radius 2 is 0.611 bits per heavy atom. The Morgan fingerprint density at radius 3 is 0.861 bits per heavy atom. The van der Waals surface area contributed by atoms with Gasteiger partial charge in [-0.05, 0) is 58.7 Å². The van der Waals surface area contributed by atoms with Gasteiger partial charge in [0, 0.05) is 0 Å². The Balaban J connectivity index is 2.45. The van der Waals surface area contributed by atoms with Crippen molar-refractivity contribution in [1.82, 2.24) is 0 Å². The van der Waals surface area contributed by atoms with Crippen LogP contribution in [0.1, 0.15) is 62.1 Å². The number of hydrogen-bond donors (Lipinski definition) is 6. The van der Waals surface area contributed by atoms with E-state index >= 15 is 0 Å². The van der Waals surface area contributed by atoms with E-state index in [4.69, 9.17) is 0 Å². The number of hydrogen-bond acceptors (Lipinski definition) is 6. The molecule has 0 fully saturated rings. The van der Waals surface area contributed by atoms with Crippen molar-refractivity contribution in [3.63, 3.8) is 0 Å². The van der Waals surface area contributed by atoms with Crippen LogP contribution < -0.4 is 0 Å². The first-order valence-electron chi connectivity index (χ1n) is 9.70. The zero-order valence-corrected chi connectivity index (χ0v) is 17.8. The van der Waals surface area contributed by atoms with E-state index in [9.17, 15) is 59.4 Å². The molecule has 36 heavy (non-hydrogen) atoms. The van der Waals surface area contributed by atoms with Crippen LogP contribution in [0.4, 0.5) is 0 Å². The molecule has 12 nitrogen and oxygen atoms in total. The summed E-state index contributed by atoms with van der Waals surface area (Å²) in [5, 5.41) is 56.5. The molecule has 0 atom stereocenters. The topological polar surface area (TPSA) is 224 Å². The summed E-state index contributed by atoms with van der Waals surface area (Å²) in [6.07, 6.45) is 0. The van der Waals surface area contributed by atoms with Crippen LogP contribution in [0.3, 0.4) is 0 Å². The maximum atomic E-state index is 11.8. The van der Waals surface area contributed by atoms with E-state index in [1.165, 1.54) is 12.1 Å². The highest BCUT2D eigenvalue weighted by Crippen LogP contribution is 2.37. The van der Waals surface area contributed by atoms with E-state index in [0.29, 0.717) is 0 Å². The van der Waals surface area contributed by atoms with E-state index in [0.717, 1.165) is 36.4 Å². The normalized spacial score (nSPS) is 10.4. The van der Waals surface area contributed by atoms with Crippen molar-refractivity contribution < 1.29 is 59.4 Å². The molecule has 0 radical (unpaired) electrons. The highest BCUT2D eigenvalue weighted by atomic mass is 16.4. The van der Waals surface area contributed by atoms with Gasteiger partial charge in [0.2, 0.25) is 0 Å². The minimum atomic E-state index is -1.63. The molecule has 0 unspecified atom stereocenters. The van der Waals surface area contributed by atoms with Gasteiger partial charge < -0.3 is 30.6 Å². The van der Waals surface area contributed by atoms with Crippen LogP contribution in [0.25, 0.3) is 22.3 Å². The zero-order valence-electron chi connectivity index (χ0n) is 17.8. The van der Waals surface area contributed by atoms with Crippen LogP contribution in [0.15, 0.2) is 48.5 Å². The average Bonchev–Trinajstić information content (AvgIpc) is 2.81. The molecule has 12 heteroatoms. The molecule has 6 N–H and O–H groups in total. The highest BCUT2D eigenvalue weighted by Gasteiger charge is 2.24. The molecule has 0 spiro atoms. The summed E-state index contributed by atoms with van der Waals surface area (Å²) in [6, 6.07) is 8.01. The molecule has 0 saturated heterocycles. The molecule has 0 aliphatic rings. The minimum Gasteiger partial charge on any atom is -0.478 e. The van der Waals surface area contributed by atoms with Gasteiger partial charge in [-0.1, -0.05) is 12.1 Å². The van der Waals surface area contributed by atoms with Gasteiger partial charge >= 0.3 is 35.8 Å². The Hall–Kier alpha value is -5.52. The highest BCUT2D eigenvalue weighted by molar-refractivity contribution is 6.08. The van der Waals surface area contributed by atoms with Gasteiger partial charge in [-0.3, -0.25) is 0 Å². The van der Waals surface area contributed by atoms with Crippen LogP contribution in [-0.2, 0) is 0 Å². The van der Waals surface area contributed by atoms with Gasteiger partial charge in [0.25, 0.3) is 0 Å². The lowest BCUT2D eigenvalue weighted by molar-refractivity contribution is 0.0651. The number of aromatic carboxylic acids is 6.